The van der Waals surface area contributed by atoms with Gasteiger partial charge in [-0.3, -0.25) is 14.5 Å². The first-order chi connectivity index (χ1) is 15.6. The van der Waals surface area contributed by atoms with Crippen LogP contribution in [0.1, 0.15) is 24.2 Å². The molecular formula is C24H29N5O2S. The zero-order chi connectivity index (χ0) is 22.5. The van der Waals surface area contributed by atoms with Crippen LogP contribution in [0.5, 0.6) is 0 Å². The summed E-state index contributed by atoms with van der Waals surface area (Å²) in [4.78, 5) is 32.7. The fourth-order valence-electron chi connectivity index (χ4n) is 3.99. The molecule has 1 aliphatic heterocycles. The Morgan fingerprint density at radius 2 is 1.72 bits per heavy atom. The summed E-state index contributed by atoms with van der Waals surface area (Å²) >= 11 is 1.58. The van der Waals surface area contributed by atoms with Crippen molar-refractivity contribution in [2.75, 3.05) is 45.8 Å². The van der Waals surface area contributed by atoms with Crippen LogP contribution in [-0.2, 0) is 4.79 Å². The van der Waals surface area contributed by atoms with Crippen molar-refractivity contribution < 1.29 is 9.59 Å². The summed E-state index contributed by atoms with van der Waals surface area (Å²) in [5.74, 6) is 0.143. The largest absolute Gasteiger partial charge is 0.342 e. The number of carbonyl (C=O) groups excluding carboxylic acids is 2. The predicted molar refractivity (Wildman–Crippen MR) is 127 cm³/mol. The molecule has 0 radical (unpaired) electrons. The van der Waals surface area contributed by atoms with Gasteiger partial charge in [-0.1, -0.05) is 24.3 Å². The van der Waals surface area contributed by atoms with E-state index in [0.717, 1.165) is 23.7 Å². The second kappa shape index (κ2) is 10.1. The van der Waals surface area contributed by atoms with Gasteiger partial charge in [-0.05, 0) is 37.4 Å². The van der Waals surface area contributed by atoms with Crippen molar-refractivity contribution in [1.82, 2.24) is 24.5 Å². The Morgan fingerprint density at radius 3 is 2.34 bits per heavy atom. The van der Waals surface area contributed by atoms with Crippen molar-refractivity contribution in [3.8, 4) is 16.3 Å². The number of para-hydroxylation sites is 1. The van der Waals surface area contributed by atoms with Crippen LogP contribution in [-0.4, -0.2) is 82.1 Å². The lowest BCUT2D eigenvalue weighted by molar-refractivity contribution is -0.132. The van der Waals surface area contributed by atoms with Crippen LogP contribution in [0.2, 0.25) is 0 Å². The quantitative estimate of drug-likeness (QED) is 0.553. The van der Waals surface area contributed by atoms with Gasteiger partial charge < -0.3 is 9.80 Å². The first-order valence-corrected chi connectivity index (χ1v) is 12.0. The Morgan fingerprint density at radius 1 is 1.00 bits per heavy atom. The third-order valence-electron chi connectivity index (χ3n) is 5.85. The van der Waals surface area contributed by atoms with Gasteiger partial charge in [-0.15, -0.1) is 11.3 Å². The maximum Gasteiger partial charge on any atom is 0.257 e. The first kappa shape index (κ1) is 22.2. The standard InChI is InChI=1S/C24H29N5O2S/c1-3-27(4-2)22(30)18-26-12-14-28(15-13-26)24(31)20-17-29(19-9-6-5-7-10-19)25-23(20)21-11-8-16-32-21/h5-11,16-17H,3-4,12-15,18H2,1-2H3. The molecule has 1 fully saturated rings. The zero-order valence-electron chi connectivity index (χ0n) is 18.6. The van der Waals surface area contributed by atoms with Crippen LogP contribution in [0.4, 0.5) is 0 Å². The summed E-state index contributed by atoms with van der Waals surface area (Å²) in [6.07, 6.45) is 1.84. The van der Waals surface area contributed by atoms with Gasteiger partial charge in [0.1, 0.15) is 5.69 Å². The maximum absolute atomic E-state index is 13.5. The molecular weight excluding hydrogens is 422 g/mol. The lowest BCUT2D eigenvalue weighted by Crippen LogP contribution is -2.51. The van der Waals surface area contributed by atoms with Crippen LogP contribution in [0, 0.1) is 0 Å². The van der Waals surface area contributed by atoms with E-state index in [1.54, 1.807) is 16.0 Å². The topological polar surface area (TPSA) is 61.7 Å². The van der Waals surface area contributed by atoms with E-state index in [2.05, 4.69) is 4.90 Å². The van der Waals surface area contributed by atoms with Gasteiger partial charge in [0.05, 0.1) is 22.7 Å². The van der Waals surface area contributed by atoms with Crippen LogP contribution < -0.4 is 0 Å². The molecule has 0 bridgehead atoms. The van der Waals surface area contributed by atoms with E-state index in [1.165, 1.54) is 0 Å². The number of aromatic nitrogens is 2. The van der Waals surface area contributed by atoms with Gasteiger partial charge in [0.25, 0.3) is 5.91 Å². The van der Waals surface area contributed by atoms with Crippen LogP contribution in [0.15, 0.2) is 54.0 Å². The van der Waals surface area contributed by atoms with Crippen molar-refractivity contribution in [3.63, 3.8) is 0 Å². The molecule has 1 saturated heterocycles. The van der Waals surface area contributed by atoms with E-state index in [9.17, 15) is 9.59 Å². The molecule has 7 nitrogen and oxygen atoms in total. The van der Waals surface area contributed by atoms with Gasteiger partial charge in [0.15, 0.2) is 0 Å². The molecule has 4 rings (SSSR count). The summed E-state index contributed by atoms with van der Waals surface area (Å²) in [5, 5.41) is 6.75. The molecule has 32 heavy (non-hydrogen) atoms. The molecule has 0 atom stereocenters. The third kappa shape index (κ3) is 4.76. The molecule has 8 heteroatoms. The molecule has 3 heterocycles. The number of nitrogens with zero attached hydrogens (tertiary/aromatic N) is 5. The highest BCUT2D eigenvalue weighted by Crippen LogP contribution is 2.29. The molecule has 0 spiro atoms. The van der Waals surface area contributed by atoms with Crippen molar-refractivity contribution >= 4 is 23.2 Å². The Balaban J connectivity index is 1.49. The lowest BCUT2D eigenvalue weighted by Gasteiger charge is -2.35. The van der Waals surface area contributed by atoms with Gasteiger partial charge in [0, 0.05) is 45.5 Å². The summed E-state index contributed by atoms with van der Waals surface area (Å²) in [6.45, 7) is 8.46. The third-order valence-corrected chi connectivity index (χ3v) is 6.73. The van der Waals surface area contributed by atoms with Gasteiger partial charge in [-0.25, -0.2) is 4.68 Å². The Kier molecular flexibility index (Phi) is 7.02. The summed E-state index contributed by atoms with van der Waals surface area (Å²) in [5.41, 5.74) is 2.25. The second-order valence-corrected chi connectivity index (χ2v) is 8.73. The van der Waals surface area contributed by atoms with Gasteiger partial charge in [0.2, 0.25) is 5.91 Å². The van der Waals surface area contributed by atoms with Crippen molar-refractivity contribution in [1.29, 1.82) is 0 Å². The maximum atomic E-state index is 13.5. The average Bonchev–Trinajstić information content (AvgIpc) is 3.51. The molecule has 0 unspecified atom stereocenters. The molecule has 3 aromatic rings. The summed E-state index contributed by atoms with van der Waals surface area (Å²) in [7, 11) is 0. The number of benzene rings is 1. The van der Waals surface area contributed by atoms with Crippen LogP contribution >= 0.6 is 11.3 Å². The Bertz CT molecular complexity index is 1040. The number of rotatable bonds is 7. The molecule has 0 N–H and O–H groups in total. The predicted octanol–water partition coefficient (Wildman–Crippen LogP) is 3.23. The number of hydrogen-bond acceptors (Lipinski definition) is 5. The number of amides is 2. The Labute approximate surface area is 192 Å². The zero-order valence-corrected chi connectivity index (χ0v) is 19.4. The molecule has 168 valence electrons. The molecule has 2 aromatic heterocycles. The van der Waals surface area contributed by atoms with E-state index < -0.39 is 0 Å². The average molecular weight is 452 g/mol. The molecule has 1 aromatic carbocycles. The van der Waals surface area contributed by atoms with Crippen molar-refractivity contribution in [2.24, 2.45) is 0 Å². The monoisotopic (exact) mass is 451 g/mol. The van der Waals surface area contributed by atoms with E-state index >= 15 is 0 Å². The van der Waals surface area contributed by atoms with Crippen LogP contribution in [0.25, 0.3) is 16.3 Å². The Hall–Kier alpha value is -2.97. The van der Waals surface area contributed by atoms with Crippen molar-refractivity contribution in [2.45, 2.75) is 13.8 Å². The molecule has 0 aliphatic carbocycles. The number of thiophene rings is 1. The number of likely N-dealkylation sites (N-methyl/N-ethyl adjacent to an activating group) is 1. The normalized spacial score (nSPS) is 14.5. The van der Waals surface area contributed by atoms with Gasteiger partial charge >= 0.3 is 0 Å². The molecule has 2 amide bonds. The summed E-state index contributed by atoms with van der Waals surface area (Å²) < 4.78 is 1.78. The minimum Gasteiger partial charge on any atom is -0.342 e. The summed E-state index contributed by atoms with van der Waals surface area (Å²) in [6, 6.07) is 13.8. The van der Waals surface area contributed by atoms with E-state index in [-0.39, 0.29) is 11.8 Å². The van der Waals surface area contributed by atoms with Gasteiger partial charge in [-0.2, -0.15) is 5.10 Å². The molecule has 1 aliphatic rings. The highest BCUT2D eigenvalue weighted by Gasteiger charge is 2.28. The van der Waals surface area contributed by atoms with E-state index in [0.29, 0.717) is 44.0 Å². The fraction of sp³-hybridized carbons (Fsp3) is 0.375. The smallest absolute Gasteiger partial charge is 0.257 e. The first-order valence-electron chi connectivity index (χ1n) is 11.1. The molecule has 0 saturated carbocycles. The minimum atomic E-state index is -0.00898. The second-order valence-electron chi connectivity index (χ2n) is 7.78. The highest BCUT2D eigenvalue weighted by atomic mass is 32.1. The number of hydrogen-bond donors (Lipinski definition) is 0. The van der Waals surface area contributed by atoms with E-state index in [1.807, 2.05) is 77.7 Å². The number of carbonyl (C=O) groups is 2. The van der Waals surface area contributed by atoms with Crippen molar-refractivity contribution in [3.05, 3.63) is 59.6 Å². The minimum absolute atomic E-state index is 0.00898. The van der Waals surface area contributed by atoms with E-state index in [4.69, 9.17) is 5.10 Å². The number of piperazine rings is 1. The fourth-order valence-corrected chi connectivity index (χ4v) is 4.71. The lowest BCUT2D eigenvalue weighted by atomic mass is 10.1. The SMILES string of the molecule is CCN(CC)C(=O)CN1CCN(C(=O)c2cn(-c3ccccc3)nc2-c2cccs2)CC1. The highest BCUT2D eigenvalue weighted by molar-refractivity contribution is 7.13. The van der Waals surface area contributed by atoms with Crippen LogP contribution in [0.3, 0.4) is 0 Å².